The monoisotopic (exact) mass is 324 g/mol. The Labute approximate surface area is 140 Å². The van der Waals surface area contributed by atoms with Gasteiger partial charge in [0.1, 0.15) is 5.69 Å². The van der Waals surface area contributed by atoms with Crippen molar-refractivity contribution in [3.05, 3.63) is 59.7 Å². The Morgan fingerprint density at radius 1 is 1.17 bits per heavy atom. The van der Waals surface area contributed by atoms with Crippen LogP contribution in [-0.2, 0) is 0 Å². The molecule has 6 heteroatoms. The summed E-state index contributed by atoms with van der Waals surface area (Å²) < 4.78 is 0. The van der Waals surface area contributed by atoms with Crippen LogP contribution in [0.1, 0.15) is 39.3 Å². The number of nitrogens with zero attached hydrogens (tertiary/aromatic N) is 3. The van der Waals surface area contributed by atoms with Gasteiger partial charge in [-0.1, -0.05) is 18.2 Å². The van der Waals surface area contributed by atoms with Crippen molar-refractivity contribution in [2.75, 3.05) is 13.1 Å². The lowest BCUT2D eigenvalue weighted by Crippen LogP contribution is -2.46. The molecule has 1 aliphatic heterocycles. The van der Waals surface area contributed by atoms with Gasteiger partial charge in [-0.05, 0) is 31.4 Å². The van der Waals surface area contributed by atoms with E-state index in [0.717, 1.165) is 24.0 Å². The normalized spacial score (nSPS) is 15.1. The Bertz CT molecular complexity index is 725. The second-order valence-electron chi connectivity index (χ2n) is 5.95. The lowest BCUT2D eigenvalue weighted by Gasteiger charge is -2.32. The first kappa shape index (κ1) is 16.1. The summed E-state index contributed by atoms with van der Waals surface area (Å²) in [7, 11) is 0. The molecule has 24 heavy (non-hydrogen) atoms. The molecule has 1 N–H and O–H groups in total. The third-order valence-corrected chi connectivity index (χ3v) is 4.29. The number of amides is 2. The van der Waals surface area contributed by atoms with Gasteiger partial charge in [-0.15, -0.1) is 0 Å². The van der Waals surface area contributed by atoms with Gasteiger partial charge in [0, 0.05) is 37.1 Å². The van der Waals surface area contributed by atoms with E-state index in [9.17, 15) is 9.59 Å². The van der Waals surface area contributed by atoms with Gasteiger partial charge in [-0.3, -0.25) is 14.6 Å². The fraction of sp³-hybridized carbons (Fsp3) is 0.333. The summed E-state index contributed by atoms with van der Waals surface area (Å²) >= 11 is 0. The predicted octanol–water partition coefficient (Wildman–Crippen LogP) is 1.82. The standard InChI is InChI=1S/C18H20N4O2/c1-13-4-2-3-5-15(13)18(24)22-10-6-14(7-11-22)21-17(23)16-12-19-8-9-20-16/h2-5,8-9,12,14H,6-7,10-11H2,1H3,(H,21,23). The number of carbonyl (C=O) groups excluding carboxylic acids is 2. The lowest BCUT2D eigenvalue weighted by atomic mass is 10.0. The van der Waals surface area contributed by atoms with Crippen LogP contribution in [0.4, 0.5) is 0 Å². The third-order valence-electron chi connectivity index (χ3n) is 4.29. The van der Waals surface area contributed by atoms with Gasteiger partial charge in [0.15, 0.2) is 0 Å². The molecule has 0 bridgehead atoms. The Morgan fingerprint density at radius 2 is 1.92 bits per heavy atom. The highest BCUT2D eigenvalue weighted by atomic mass is 16.2. The van der Waals surface area contributed by atoms with E-state index >= 15 is 0 Å². The topological polar surface area (TPSA) is 75.2 Å². The zero-order valence-corrected chi connectivity index (χ0v) is 13.6. The number of aryl methyl sites for hydroxylation is 1. The molecule has 0 saturated carbocycles. The zero-order valence-electron chi connectivity index (χ0n) is 13.6. The maximum Gasteiger partial charge on any atom is 0.271 e. The van der Waals surface area contributed by atoms with E-state index in [1.54, 1.807) is 0 Å². The second kappa shape index (κ2) is 7.21. The minimum Gasteiger partial charge on any atom is -0.348 e. The molecule has 124 valence electrons. The lowest BCUT2D eigenvalue weighted by molar-refractivity contribution is 0.0697. The number of nitrogens with one attached hydrogen (secondary N) is 1. The van der Waals surface area contributed by atoms with Crippen LogP contribution >= 0.6 is 0 Å². The van der Waals surface area contributed by atoms with Crippen LogP contribution in [0.5, 0.6) is 0 Å². The van der Waals surface area contributed by atoms with Crippen molar-refractivity contribution >= 4 is 11.8 Å². The van der Waals surface area contributed by atoms with Gasteiger partial charge in [0.05, 0.1) is 6.20 Å². The van der Waals surface area contributed by atoms with Gasteiger partial charge < -0.3 is 10.2 Å². The molecular weight excluding hydrogens is 304 g/mol. The van der Waals surface area contributed by atoms with Gasteiger partial charge >= 0.3 is 0 Å². The maximum atomic E-state index is 12.6. The van der Waals surface area contributed by atoms with Crippen molar-refractivity contribution in [2.24, 2.45) is 0 Å². The van der Waals surface area contributed by atoms with E-state index in [1.165, 1.54) is 18.6 Å². The summed E-state index contributed by atoms with van der Waals surface area (Å²) in [5.41, 5.74) is 2.05. The Kier molecular flexibility index (Phi) is 4.84. The molecule has 1 fully saturated rings. The van der Waals surface area contributed by atoms with E-state index in [2.05, 4.69) is 15.3 Å². The van der Waals surface area contributed by atoms with Gasteiger partial charge in [-0.25, -0.2) is 4.98 Å². The Morgan fingerprint density at radius 3 is 2.58 bits per heavy atom. The molecule has 2 amide bonds. The molecule has 1 saturated heterocycles. The van der Waals surface area contributed by atoms with Crippen molar-refractivity contribution in [3.8, 4) is 0 Å². The zero-order chi connectivity index (χ0) is 16.9. The van der Waals surface area contributed by atoms with Crippen molar-refractivity contribution in [2.45, 2.75) is 25.8 Å². The van der Waals surface area contributed by atoms with Gasteiger partial charge in [-0.2, -0.15) is 0 Å². The van der Waals surface area contributed by atoms with Gasteiger partial charge in [0.25, 0.3) is 11.8 Å². The van der Waals surface area contributed by atoms with Crippen molar-refractivity contribution in [1.82, 2.24) is 20.2 Å². The van der Waals surface area contributed by atoms with Crippen LogP contribution in [-0.4, -0.2) is 45.8 Å². The predicted molar refractivity (Wildman–Crippen MR) is 89.6 cm³/mol. The van der Waals surface area contributed by atoms with Crippen LogP contribution in [0.2, 0.25) is 0 Å². The Hall–Kier alpha value is -2.76. The quantitative estimate of drug-likeness (QED) is 0.934. The molecule has 1 aromatic carbocycles. The van der Waals surface area contributed by atoms with Crippen LogP contribution in [0, 0.1) is 6.92 Å². The van der Waals surface area contributed by atoms with Crippen molar-refractivity contribution < 1.29 is 9.59 Å². The third kappa shape index (κ3) is 3.59. The molecule has 0 aliphatic carbocycles. The number of rotatable bonds is 3. The molecule has 3 rings (SSSR count). The number of carbonyl (C=O) groups is 2. The number of hydrogen-bond acceptors (Lipinski definition) is 4. The summed E-state index contributed by atoms with van der Waals surface area (Å²) in [4.78, 5) is 34.4. The minimum atomic E-state index is -0.216. The van der Waals surface area contributed by atoms with Crippen molar-refractivity contribution in [1.29, 1.82) is 0 Å². The molecule has 1 aliphatic rings. The number of hydrogen-bond donors (Lipinski definition) is 1. The van der Waals surface area contributed by atoms with Crippen LogP contribution in [0.3, 0.4) is 0 Å². The van der Waals surface area contributed by atoms with Crippen LogP contribution in [0.15, 0.2) is 42.9 Å². The molecule has 1 aromatic heterocycles. The first-order valence-electron chi connectivity index (χ1n) is 8.07. The number of aromatic nitrogens is 2. The maximum absolute atomic E-state index is 12.6. The average Bonchev–Trinajstić information content (AvgIpc) is 2.63. The number of piperidine rings is 1. The average molecular weight is 324 g/mol. The first-order valence-corrected chi connectivity index (χ1v) is 8.07. The summed E-state index contributed by atoms with van der Waals surface area (Å²) in [5, 5.41) is 2.97. The minimum absolute atomic E-state index is 0.0560. The number of benzene rings is 1. The highest BCUT2D eigenvalue weighted by Gasteiger charge is 2.25. The largest absolute Gasteiger partial charge is 0.348 e. The molecule has 0 atom stereocenters. The number of likely N-dealkylation sites (tertiary alicyclic amines) is 1. The highest BCUT2D eigenvalue weighted by Crippen LogP contribution is 2.16. The molecule has 0 unspecified atom stereocenters. The molecule has 2 heterocycles. The molecule has 0 spiro atoms. The fourth-order valence-corrected chi connectivity index (χ4v) is 2.89. The molecular formula is C18H20N4O2. The Balaban J connectivity index is 1.55. The smallest absolute Gasteiger partial charge is 0.271 e. The van der Waals surface area contributed by atoms with Gasteiger partial charge in [0.2, 0.25) is 0 Å². The molecule has 2 aromatic rings. The van der Waals surface area contributed by atoms with E-state index < -0.39 is 0 Å². The van der Waals surface area contributed by atoms with E-state index in [4.69, 9.17) is 0 Å². The van der Waals surface area contributed by atoms with Crippen LogP contribution < -0.4 is 5.32 Å². The summed E-state index contributed by atoms with van der Waals surface area (Å²) in [5.74, 6) is -0.154. The second-order valence-corrected chi connectivity index (χ2v) is 5.95. The molecule has 0 radical (unpaired) electrons. The summed E-state index contributed by atoms with van der Waals surface area (Å²) in [6.07, 6.45) is 5.96. The first-order chi connectivity index (χ1) is 11.6. The SMILES string of the molecule is Cc1ccccc1C(=O)N1CCC(NC(=O)c2cnccn2)CC1. The summed E-state index contributed by atoms with van der Waals surface area (Å²) in [6, 6.07) is 7.68. The molecule has 6 nitrogen and oxygen atoms in total. The van der Waals surface area contributed by atoms with E-state index in [0.29, 0.717) is 18.8 Å². The van der Waals surface area contributed by atoms with Crippen molar-refractivity contribution in [3.63, 3.8) is 0 Å². The van der Waals surface area contributed by atoms with E-state index in [-0.39, 0.29) is 17.9 Å². The van der Waals surface area contributed by atoms with E-state index in [1.807, 2.05) is 36.1 Å². The summed E-state index contributed by atoms with van der Waals surface area (Å²) in [6.45, 7) is 3.22. The fourth-order valence-electron chi connectivity index (χ4n) is 2.89. The highest BCUT2D eigenvalue weighted by molar-refractivity contribution is 5.95. The van der Waals surface area contributed by atoms with Crippen LogP contribution in [0.25, 0.3) is 0 Å².